The summed E-state index contributed by atoms with van der Waals surface area (Å²) in [4.78, 5) is 14.4. The van der Waals surface area contributed by atoms with Gasteiger partial charge in [0.1, 0.15) is 0 Å². The van der Waals surface area contributed by atoms with Crippen LogP contribution in [0.3, 0.4) is 0 Å². The number of hydrogen-bond acceptors (Lipinski definition) is 4. The Morgan fingerprint density at radius 3 is 2.92 bits per heavy atom. The van der Waals surface area contributed by atoms with Gasteiger partial charge in [0.15, 0.2) is 0 Å². The van der Waals surface area contributed by atoms with E-state index in [1.165, 1.54) is 0 Å². The Hall–Kier alpha value is -2.22. The number of alkyl halides is 2. The lowest BCUT2D eigenvalue weighted by Gasteiger charge is -2.34. The molecule has 1 amide bonds. The molecule has 1 saturated carbocycles. The van der Waals surface area contributed by atoms with Gasteiger partial charge in [-0.25, -0.2) is 8.78 Å². The molecule has 0 radical (unpaired) electrons. The van der Waals surface area contributed by atoms with E-state index in [1.54, 1.807) is 18.7 Å². The third kappa shape index (κ3) is 3.80. The summed E-state index contributed by atoms with van der Waals surface area (Å²) in [5.41, 5.74) is 2.22. The molecule has 3 heterocycles. The number of furan rings is 1. The van der Waals surface area contributed by atoms with Crippen LogP contribution >= 0.6 is 0 Å². The molecule has 2 aromatic heterocycles. The third-order valence-electron chi connectivity index (χ3n) is 5.15. The Morgan fingerprint density at radius 2 is 2.19 bits per heavy atom. The number of hydrogen-bond donors (Lipinski definition) is 1. The zero-order valence-electron chi connectivity index (χ0n) is 14.4. The monoisotopic (exact) mass is 364 g/mol. The molecule has 0 bridgehead atoms. The molecular weight excluding hydrogens is 342 g/mol. The number of nitrogens with zero attached hydrogens (tertiary/aromatic N) is 3. The molecule has 6 nitrogen and oxygen atoms in total. The van der Waals surface area contributed by atoms with Crippen molar-refractivity contribution in [2.24, 2.45) is 11.8 Å². The van der Waals surface area contributed by atoms with Crippen LogP contribution in [-0.2, 0) is 24.4 Å². The fourth-order valence-corrected chi connectivity index (χ4v) is 3.75. The van der Waals surface area contributed by atoms with Crippen LogP contribution in [0.25, 0.3) is 0 Å². The number of halogens is 2. The van der Waals surface area contributed by atoms with Crippen molar-refractivity contribution in [1.29, 1.82) is 0 Å². The lowest BCUT2D eigenvalue weighted by Crippen LogP contribution is -2.46. The Morgan fingerprint density at radius 1 is 1.35 bits per heavy atom. The van der Waals surface area contributed by atoms with Crippen LogP contribution in [0.15, 0.2) is 35.3 Å². The van der Waals surface area contributed by atoms with Crippen LogP contribution in [0.2, 0.25) is 0 Å². The SMILES string of the molecule is O=C(NC[C@H]1CN(Cc2ccoc2)Cc2ccnn2C1)C1CC(F)(F)C1. The second-order valence-corrected chi connectivity index (χ2v) is 7.38. The number of aromatic nitrogens is 2. The fraction of sp³-hybridized carbons (Fsp3) is 0.556. The number of carbonyl (C=O) groups is 1. The molecule has 8 heteroatoms. The second kappa shape index (κ2) is 6.83. The predicted molar refractivity (Wildman–Crippen MR) is 89.2 cm³/mol. The Balaban J connectivity index is 1.37. The second-order valence-electron chi connectivity index (χ2n) is 7.38. The van der Waals surface area contributed by atoms with Gasteiger partial charge in [-0.3, -0.25) is 14.4 Å². The van der Waals surface area contributed by atoms with E-state index < -0.39 is 11.8 Å². The minimum Gasteiger partial charge on any atom is -0.472 e. The average molecular weight is 364 g/mol. The van der Waals surface area contributed by atoms with Gasteiger partial charge in [0.25, 0.3) is 0 Å². The van der Waals surface area contributed by atoms with E-state index in [2.05, 4.69) is 15.3 Å². The minimum absolute atomic E-state index is 0.160. The van der Waals surface area contributed by atoms with Crippen LogP contribution in [0.4, 0.5) is 8.78 Å². The molecule has 2 aliphatic rings. The first kappa shape index (κ1) is 17.2. The normalized spacial score (nSPS) is 23.1. The maximum Gasteiger partial charge on any atom is 0.249 e. The molecule has 0 aromatic carbocycles. The summed E-state index contributed by atoms with van der Waals surface area (Å²) >= 11 is 0. The number of nitrogens with one attached hydrogen (secondary N) is 1. The maximum atomic E-state index is 13.0. The predicted octanol–water partition coefficient (Wildman–Crippen LogP) is 2.27. The Bertz CT molecular complexity index is 751. The summed E-state index contributed by atoms with van der Waals surface area (Å²) in [6.07, 6.45) is 4.50. The quantitative estimate of drug-likeness (QED) is 0.884. The van der Waals surface area contributed by atoms with Crippen molar-refractivity contribution in [3.8, 4) is 0 Å². The minimum atomic E-state index is -2.67. The van der Waals surface area contributed by atoms with E-state index in [-0.39, 0.29) is 24.7 Å². The molecular formula is C18H22F2N4O2. The van der Waals surface area contributed by atoms with Crippen molar-refractivity contribution in [2.45, 2.75) is 38.4 Å². The van der Waals surface area contributed by atoms with Crippen LogP contribution in [-0.4, -0.2) is 39.6 Å². The van der Waals surface area contributed by atoms with Gasteiger partial charge in [-0.05, 0) is 12.1 Å². The van der Waals surface area contributed by atoms with E-state index in [9.17, 15) is 13.6 Å². The van der Waals surface area contributed by atoms with Gasteiger partial charge in [0.05, 0.1) is 18.2 Å². The van der Waals surface area contributed by atoms with Gasteiger partial charge in [-0.2, -0.15) is 5.10 Å². The van der Waals surface area contributed by atoms with Crippen molar-refractivity contribution >= 4 is 5.91 Å². The maximum absolute atomic E-state index is 13.0. The molecule has 1 N–H and O–H groups in total. The molecule has 26 heavy (non-hydrogen) atoms. The molecule has 0 saturated heterocycles. The van der Waals surface area contributed by atoms with Gasteiger partial charge < -0.3 is 9.73 Å². The smallest absolute Gasteiger partial charge is 0.249 e. The van der Waals surface area contributed by atoms with E-state index in [0.29, 0.717) is 13.1 Å². The topological polar surface area (TPSA) is 63.3 Å². The van der Waals surface area contributed by atoms with Gasteiger partial charge in [-0.15, -0.1) is 0 Å². The molecule has 4 rings (SSSR count). The van der Waals surface area contributed by atoms with Crippen LogP contribution in [0, 0.1) is 11.8 Å². The van der Waals surface area contributed by atoms with Crippen LogP contribution in [0.5, 0.6) is 0 Å². The molecule has 1 atom stereocenters. The number of carbonyl (C=O) groups excluding carboxylic acids is 1. The van der Waals surface area contributed by atoms with Crippen molar-refractivity contribution in [2.75, 3.05) is 13.1 Å². The molecule has 0 spiro atoms. The van der Waals surface area contributed by atoms with Crippen LogP contribution in [0.1, 0.15) is 24.1 Å². The summed E-state index contributed by atoms with van der Waals surface area (Å²) in [5, 5.41) is 7.23. The Kier molecular flexibility index (Phi) is 4.52. The van der Waals surface area contributed by atoms with Crippen molar-refractivity contribution in [3.63, 3.8) is 0 Å². The average Bonchev–Trinajstić information content (AvgIpc) is 3.19. The van der Waals surface area contributed by atoms with Gasteiger partial charge in [0.2, 0.25) is 11.8 Å². The highest BCUT2D eigenvalue weighted by atomic mass is 19.3. The summed E-state index contributed by atoms with van der Waals surface area (Å²) in [7, 11) is 0. The van der Waals surface area contributed by atoms with E-state index >= 15 is 0 Å². The van der Waals surface area contributed by atoms with Crippen molar-refractivity contribution in [3.05, 3.63) is 42.1 Å². The Labute approximate surface area is 150 Å². The summed E-state index contributed by atoms with van der Waals surface area (Å²) in [5.74, 6) is -3.33. The first-order chi connectivity index (χ1) is 12.5. The lowest BCUT2D eigenvalue weighted by atomic mass is 9.80. The third-order valence-corrected chi connectivity index (χ3v) is 5.15. The number of fused-ring (bicyclic) bond motifs is 1. The van der Waals surface area contributed by atoms with Gasteiger partial charge >= 0.3 is 0 Å². The standard InChI is InChI=1S/C18H22F2N4O2/c19-18(20)5-15(6-18)17(25)21-7-14-9-23(8-13-2-4-26-12-13)11-16-1-3-22-24(16)10-14/h1-4,12,14-15H,5-11H2,(H,21,25)/t14-/m0/s1. The first-order valence-corrected chi connectivity index (χ1v) is 8.88. The number of amides is 1. The van der Waals surface area contributed by atoms with Gasteiger partial charge in [0, 0.05) is 69.2 Å². The van der Waals surface area contributed by atoms with Crippen LogP contribution < -0.4 is 5.32 Å². The lowest BCUT2D eigenvalue weighted by molar-refractivity contribution is -0.150. The highest BCUT2D eigenvalue weighted by molar-refractivity contribution is 5.79. The summed E-state index contributed by atoms with van der Waals surface area (Å²) in [6.45, 7) is 3.47. The van der Waals surface area contributed by atoms with E-state index in [4.69, 9.17) is 4.42 Å². The van der Waals surface area contributed by atoms with E-state index in [1.807, 2.05) is 16.8 Å². The van der Waals surface area contributed by atoms with Gasteiger partial charge in [-0.1, -0.05) is 0 Å². The fourth-order valence-electron chi connectivity index (χ4n) is 3.75. The zero-order chi connectivity index (χ0) is 18.1. The van der Waals surface area contributed by atoms with E-state index in [0.717, 1.165) is 30.9 Å². The molecule has 1 aliphatic carbocycles. The highest BCUT2D eigenvalue weighted by Crippen LogP contribution is 2.42. The van der Waals surface area contributed by atoms with Crippen molar-refractivity contribution < 1.29 is 18.0 Å². The molecule has 2 aromatic rings. The summed E-state index contributed by atoms with van der Waals surface area (Å²) < 4.78 is 33.0. The molecule has 140 valence electrons. The highest BCUT2D eigenvalue weighted by Gasteiger charge is 2.48. The molecule has 1 fully saturated rings. The summed E-state index contributed by atoms with van der Waals surface area (Å²) in [6, 6.07) is 3.94. The molecule has 0 unspecified atom stereocenters. The number of rotatable bonds is 5. The van der Waals surface area contributed by atoms with Crippen molar-refractivity contribution in [1.82, 2.24) is 20.0 Å². The zero-order valence-corrected chi connectivity index (χ0v) is 14.4. The largest absolute Gasteiger partial charge is 0.472 e. The molecule has 1 aliphatic heterocycles. The first-order valence-electron chi connectivity index (χ1n) is 8.88.